The number of methoxy groups -OCH3 is 1. The first-order valence-electron chi connectivity index (χ1n) is 4.88. The van der Waals surface area contributed by atoms with Crippen LogP contribution in [-0.2, 0) is 4.74 Å². The minimum Gasteiger partial charge on any atom is -0.378 e. The minimum atomic E-state index is 0.314. The summed E-state index contributed by atoms with van der Waals surface area (Å²) in [6.45, 7) is 6.22. The molecule has 1 fully saturated rings. The third-order valence-electron chi connectivity index (χ3n) is 2.40. The normalized spacial score (nSPS) is 19.6. The van der Waals surface area contributed by atoms with Gasteiger partial charge in [0.1, 0.15) is 0 Å². The maximum Gasteiger partial charge on any atom is 0.0678 e. The predicted molar refractivity (Wildman–Crippen MR) is 49.8 cm³/mol. The largest absolute Gasteiger partial charge is 0.378 e. The third-order valence-corrected chi connectivity index (χ3v) is 2.40. The van der Waals surface area contributed by atoms with Crippen molar-refractivity contribution in [1.29, 1.82) is 0 Å². The lowest BCUT2D eigenvalue weighted by molar-refractivity contribution is -0.0778. The lowest BCUT2D eigenvalue weighted by Crippen LogP contribution is -2.38. The average Bonchev–Trinajstić information content (AvgIpc) is 2.01. The zero-order valence-corrected chi connectivity index (χ0v) is 8.44. The molecule has 0 amide bonds. The van der Waals surface area contributed by atoms with Gasteiger partial charge in [0.25, 0.3) is 0 Å². The maximum absolute atomic E-state index is 5.41. The van der Waals surface area contributed by atoms with Crippen molar-refractivity contribution in [3.63, 3.8) is 0 Å². The second-order valence-electron chi connectivity index (χ2n) is 2.99. The van der Waals surface area contributed by atoms with Gasteiger partial charge in [0.2, 0.25) is 0 Å². The molecular weight excluding hydrogens is 136 g/mol. The van der Waals surface area contributed by atoms with Gasteiger partial charge in [-0.15, -0.1) is 0 Å². The number of rotatable bonds is 3. The molecule has 0 aromatic rings. The van der Waals surface area contributed by atoms with Crippen molar-refractivity contribution in [3.8, 4) is 0 Å². The van der Waals surface area contributed by atoms with Crippen LogP contribution < -0.4 is 0 Å². The molecule has 1 rings (SSSR count). The molecule has 1 aliphatic carbocycles. The summed E-state index contributed by atoms with van der Waals surface area (Å²) in [4.78, 5) is 0. The molecule has 0 unspecified atom stereocenters. The molecule has 68 valence electrons. The Hall–Kier alpha value is -0.0400. The van der Waals surface area contributed by atoms with Gasteiger partial charge in [0.15, 0.2) is 0 Å². The first-order chi connectivity index (χ1) is 5.33. The Morgan fingerprint density at radius 2 is 1.82 bits per heavy atom. The van der Waals surface area contributed by atoms with E-state index in [0.717, 1.165) is 0 Å². The quantitative estimate of drug-likeness (QED) is 0.612. The second kappa shape index (κ2) is 5.59. The molecule has 0 N–H and O–H groups in total. The van der Waals surface area contributed by atoms with E-state index < -0.39 is 0 Å². The van der Waals surface area contributed by atoms with Crippen LogP contribution >= 0.6 is 0 Å². The summed E-state index contributed by atoms with van der Waals surface area (Å²) < 4.78 is 5.41. The second-order valence-corrected chi connectivity index (χ2v) is 2.99. The van der Waals surface area contributed by atoms with Crippen LogP contribution in [-0.4, -0.2) is 12.7 Å². The van der Waals surface area contributed by atoms with E-state index in [9.17, 15) is 0 Å². The molecule has 1 aliphatic rings. The summed E-state index contributed by atoms with van der Waals surface area (Å²) >= 11 is 0. The van der Waals surface area contributed by atoms with Crippen molar-refractivity contribution >= 4 is 0 Å². The average molecular weight is 158 g/mol. The summed E-state index contributed by atoms with van der Waals surface area (Å²) in [6.07, 6.45) is 6.46. The summed E-state index contributed by atoms with van der Waals surface area (Å²) in [5.74, 6) is 0. The van der Waals surface area contributed by atoms with E-state index in [4.69, 9.17) is 4.74 Å². The van der Waals surface area contributed by atoms with E-state index in [-0.39, 0.29) is 0 Å². The van der Waals surface area contributed by atoms with Crippen LogP contribution in [0.3, 0.4) is 0 Å². The van der Waals surface area contributed by atoms with Gasteiger partial charge < -0.3 is 4.74 Å². The molecule has 0 aliphatic heterocycles. The molecule has 1 saturated carbocycles. The summed E-state index contributed by atoms with van der Waals surface area (Å²) in [5.41, 5.74) is 0.314. The van der Waals surface area contributed by atoms with E-state index in [1.165, 1.54) is 32.1 Å². The lowest BCUT2D eigenvalue weighted by atomic mass is 9.77. The molecule has 0 radical (unpaired) electrons. The van der Waals surface area contributed by atoms with Crippen molar-refractivity contribution in [2.75, 3.05) is 7.11 Å². The van der Waals surface area contributed by atoms with Crippen LogP contribution in [0, 0.1) is 0 Å². The highest BCUT2D eigenvalue weighted by Gasteiger charge is 2.35. The van der Waals surface area contributed by atoms with Crippen LogP contribution in [0.1, 0.15) is 52.9 Å². The highest BCUT2D eigenvalue weighted by molar-refractivity contribution is 4.88. The Morgan fingerprint density at radius 1 is 1.27 bits per heavy atom. The highest BCUT2D eigenvalue weighted by atomic mass is 16.5. The fraction of sp³-hybridized carbons (Fsp3) is 1.00. The van der Waals surface area contributed by atoms with Crippen molar-refractivity contribution in [1.82, 2.24) is 0 Å². The van der Waals surface area contributed by atoms with E-state index in [1.807, 2.05) is 21.0 Å². The SMILES string of the molecule is CC.CCCC1(OC)CCC1. The van der Waals surface area contributed by atoms with Crippen molar-refractivity contribution in [3.05, 3.63) is 0 Å². The van der Waals surface area contributed by atoms with Gasteiger partial charge in [-0.3, -0.25) is 0 Å². The van der Waals surface area contributed by atoms with E-state index >= 15 is 0 Å². The highest BCUT2D eigenvalue weighted by Crippen LogP contribution is 2.38. The van der Waals surface area contributed by atoms with Gasteiger partial charge in [-0.05, 0) is 25.7 Å². The van der Waals surface area contributed by atoms with Gasteiger partial charge in [-0.1, -0.05) is 27.2 Å². The zero-order chi connectivity index (χ0) is 8.74. The Labute approximate surface area is 71.1 Å². The van der Waals surface area contributed by atoms with E-state index in [0.29, 0.717) is 5.60 Å². The first kappa shape index (κ1) is 11.0. The van der Waals surface area contributed by atoms with Gasteiger partial charge >= 0.3 is 0 Å². The van der Waals surface area contributed by atoms with Gasteiger partial charge in [-0.2, -0.15) is 0 Å². The van der Waals surface area contributed by atoms with Crippen LogP contribution in [0.15, 0.2) is 0 Å². The molecule has 0 aromatic heterocycles. The van der Waals surface area contributed by atoms with Crippen molar-refractivity contribution in [2.24, 2.45) is 0 Å². The molecule has 1 heteroatoms. The van der Waals surface area contributed by atoms with Crippen LogP contribution in [0.2, 0.25) is 0 Å². The Bertz CT molecular complexity index is 79.4. The van der Waals surface area contributed by atoms with Crippen LogP contribution in [0.4, 0.5) is 0 Å². The van der Waals surface area contributed by atoms with Gasteiger partial charge in [-0.25, -0.2) is 0 Å². The monoisotopic (exact) mass is 158 g/mol. The fourth-order valence-corrected chi connectivity index (χ4v) is 1.58. The number of hydrogen-bond donors (Lipinski definition) is 0. The summed E-state index contributed by atoms with van der Waals surface area (Å²) in [5, 5.41) is 0. The van der Waals surface area contributed by atoms with Crippen LogP contribution in [0.5, 0.6) is 0 Å². The lowest BCUT2D eigenvalue weighted by Gasteiger charge is -2.40. The Balaban J connectivity index is 0.000000461. The Morgan fingerprint density at radius 3 is 1.91 bits per heavy atom. The summed E-state index contributed by atoms with van der Waals surface area (Å²) in [6, 6.07) is 0. The predicted octanol–water partition coefficient (Wildman–Crippen LogP) is 3.38. The molecule has 11 heavy (non-hydrogen) atoms. The molecule has 0 aromatic carbocycles. The molecular formula is C10H22O. The van der Waals surface area contributed by atoms with E-state index in [1.54, 1.807) is 0 Å². The zero-order valence-electron chi connectivity index (χ0n) is 8.44. The third kappa shape index (κ3) is 2.82. The van der Waals surface area contributed by atoms with Crippen LogP contribution in [0.25, 0.3) is 0 Å². The molecule has 1 nitrogen and oxygen atoms in total. The molecule has 0 saturated heterocycles. The number of ether oxygens (including phenoxy) is 1. The molecule has 0 heterocycles. The van der Waals surface area contributed by atoms with Gasteiger partial charge in [0, 0.05) is 7.11 Å². The summed E-state index contributed by atoms with van der Waals surface area (Å²) in [7, 11) is 1.84. The molecule has 0 spiro atoms. The minimum absolute atomic E-state index is 0.314. The standard InChI is InChI=1S/C8H16O.C2H6/c1-3-5-8(9-2)6-4-7-8;1-2/h3-7H2,1-2H3;1-2H3. The first-order valence-corrected chi connectivity index (χ1v) is 4.88. The number of hydrogen-bond acceptors (Lipinski definition) is 1. The smallest absolute Gasteiger partial charge is 0.0678 e. The topological polar surface area (TPSA) is 9.23 Å². The Kier molecular flexibility index (Phi) is 5.57. The maximum atomic E-state index is 5.41. The van der Waals surface area contributed by atoms with Crippen molar-refractivity contribution < 1.29 is 4.74 Å². The molecule has 0 atom stereocenters. The fourth-order valence-electron chi connectivity index (χ4n) is 1.58. The van der Waals surface area contributed by atoms with Crippen molar-refractivity contribution in [2.45, 2.75) is 58.5 Å². The van der Waals surface area contributed by atoms with Gasteiger partial charge in [0.05, 0.1) is 5.60 Å². The molecule has 0 bridgehead atoms. The van der Waals surface area contributed by atoms with E-state index in [2.05, 4.69) is 6.92 Å².